The van der Waals surface area contributed by atoms with E-state index in [2.05, 4.69) is 76.2 Å². The monoisotopic (exact) mass is 338 g/mol. The van der Waals surface area contributed by atoms with E-state index in [0.29, 0.717) is 11.8 Å². The quantitative estimate of drug-likeness (QED) is 0.425. The summed E-state index contributed by atoms with van der Waals surface area (Å²) in [5.41, 5.74) is 2.81. The Labute approximate surface area is 154 Å². The van der Waals surface area contributed by atoms with Gasteiger partial charge in [0.25, 0.3) is 0 Å². The molecule has 0 aliphatic carbocycles. The number of hydrogen-bond acceptors (Lipinski definition) is 1. The molecule has 2 aromatic rings. The van der Waals surface area contributed by atoms with Crippen LogP contribution in [0, 0.1) is 0 Å². The Kier molecular flexibility index (Phi) is 8.04. The van der Waals surface area contributed by atoms with Crippen molar-refractivity contribution in [3.8, 4) is 11.5 Å². The maximum Gasteiger partial charge on any atom is 0.127 e. The summed E-state index contributed by atoms with van der Waals surface area (Å²) in [7, 11) is 0. The largest absolute Gasteiger partial charge is 0.457 e. The minimum absolute atomic E-state index is 0.623. The maximum absolute atomic E-state index is 6.01. The van der Waals surface area contributed by atoms with E-state index in [-0.39, 0.29) is 0 Å². The summed E-state index contributed by atoms with van der Waals surface area (Å²) in [4.78, 5) is 0. The van der Waals surface area contributed by atoms with Gasteiger partial charge in [-0.05, 0) is 60.1 Å². The first-order valence-corrected chi connectivity index (χ1v) is 10.0. The lowest BCUT2D eigenvalue weighted by Gasteiger charge is -2.14. The molecule has 0 N–H and O–H groups in total. The number of unbranched alkanes of at least 4 members (excludes halogenated alkanes) is 2. The highest BCUT2D eigenvalue weighted by molar-refractivity contribution is 5.36. The van der Waals surface area contributed by atoms with Crippen LogP contribution >= 0.6 is 0 Å². The Morgan fingerprint density at radius 1 is 0.640 bits per heavy atom. The molecule has 136 valence electrons. The van der Waals surface area contributed by atoms with Crippen LogP contribution in [-0.2, 0) is 0 Å². The topological polar surface area (TPSA) is 9.23 Å². The van der Waals surface area contributed by atoms with Crippen LogP contribution in [0.3, 0.4) is 0 Å². The highest BCUT2D eigenvalue weighted by Crippen LogP contribution is 2.28. The Morgan fingerprint density at radius 3 is 1.32 bits per heavy atom. The van der Waals surface area contributed by atoms with Crippen LogP contribution in [0.5, 0.6) is 11.5 Å². The molecule has 1 heteroatoms. The van der Waals surface area contributed by atoms with Crippen molar-refractivity contribution in [3.05, 3.63) is 59.7 Å². The van der Waals surface area contributed by atoms with Crippen molar-refractivity contribution >= 4 is 0 Å². The molecule has 0 aliphatic rings. The summed E-state index contributed by atoms with van der Waals surface area (Å²) in [5.74, 6) is 3.08. The predicted octanol–water partition coefficient (Wildman–Crippen LogP) is 8.07. The molecule has 25 heavy (non-hydrogen) atoms. The van der Waals surface area contributed by atoms with Crippen LogP contribution in [0.25, 0.3) is 0 Å². The molecule has 0 aliphatic heterocycles. The third-order valence-corrected chi connectivity index (χ3v) is 5.12. The van der Waals surface area contributed by atoms with E-state index >= 15 is 0 Å². The Bertz CT molecular complexity index is 541. The smallest absolute Gasteiger partial charge is 0.127 e. The standard InChI is InChI=1S/C24H34O/c1-5-7-9-19(3)21-11-15-23(16-12-21)25-24-17-13-22(14-18-24)20(4)10-8-6-2/h11-20H,5-10H2,1-4H3. The van der Waals surface area contributed by atoms with Crippen molar-refractivity contribution in [2.24, 2.45) is 0 Å². The molecule has 0 saturated heterocycles. The molecule has 0 amide bonds. The normalized spacial score (nSPS) is 13.4. The zero-order valence-electron chi connectivity index (χ0n) is 16.4. The molecule has 0 aromatic heterocycles. The van der Waals surface area contributed by atoms with Crippen LogP contribution in [0.1, 0.15) is 89.2 Å². The van der Waals surface area contributed by atoms with Crippen molar-refractivity contribution in [3.63, 3.8) is 0 Å². The van der Waals surface area contributed by atoms with Gasteiger partial charge in [-0.2, -0.15) is 0 Å². The van der Waals surface area contributed by atoms with Gasteiger partial charge in [-0.15, -0.1) is 0 Å². The molecule has 0 fully saturated rings. The Hall–Kier alpha value is -1.76. The zero-order chi connectivity index (χ0) is 18.1. The Balaban J connectivity index is 1.93. The van der Waals surface area contributed by atoms with E-state index in [4.69, 9.17) is 4.74 Å². The average molecular weight is 339 g/mol. The van der Waals surface area contributed by atoms with Crippen molar-refractivity contribution in [1.29, 1.82) is 0 Å². The summed E-state index contributed by atoms with van der Waals surface area (Å²) in [5, 5.41) is 0. The van der Waals surface area contributed by atoms with Gasteiger partial charge in [0.2, 0.25) is 0 Å². The van der Waals surface area contributed by atoms with Crippen molar-refractivity contribution in [1.82, 2.24) is 0 Å². The molecule has 1 nitrogen and oxygen atoms in total. The van der Waals surface area contributed by atoms with Gasteiger partial charge < -0.3 is 4.74 Å². The van der Waals surface area contributed by atoms with E-state index in [1.54, 1.807) is 0 Å². The summed E-state index contributed by atoms with van der Waals surface area (Å²) < 4.78 is 6.01. The fraction of sp³-hybridized carbons (Fsp3) is 0.500. The molecular formula is C24H34O. The first kappa shape index (κ1) is 19.6. The fourth-order valence-corrected chi connectivity index (χ4v) is 3.22. The first-order valence-electron chi connectivity index (χ1n) is 10.0. The van der Waals surface area contributed by atoms with Crippen LogP contribution < -0.4 is 4.74 Å². The molecule has 2 unspecified atom stereocenters. The molecule has 2 aromatic carbocycles. The molecule has 0 bridgehead atoms. The molecular weight excluding hydrogens is 304 g/mol. The van der Waals surface area contributed by atoms with E-state index in [0.717, 1.165) is 11.5 Å². The highest BCUT2D eigenvalue weighted by Gasteiger charge is 2.07. The second-order valence-corrected chi connectivity index (χ2v) is 7.33. The summed E-state index contributed by atoms with van der Waals surface area (Å²) in [6.07, 6.45) is 7.63. The van der Waals surface area contributed by atoms with E-state index < -0.39 is 0 Å². The van der Waals surface area contributed by atoms with Crippen molar-refractivity contribution in [2.75, 3.05) is 0 Å². The molecule has 0 spiro atoms. The third-order valence-electron chi connectivity index (χ3n) is 5.12. The summed E-state index contributed by atoms with van der Waals surface area (Å²) >= 11 is 0. The van der Waals surface area contributed by atoms with Gasteiger partial charge in [-0.3, -0.25) is 0 Å². The summed E-state index contributed by atoms with van der Waals surface area (Å²) in [6.45, 7) is 9.12. The van der Waals surface area contributed by atoms with E-state index in [9.17, 15) is 0 Å². The minimum Gasteiger partial charge on any atom is -0.457 e. The minimum atomic E-state index is 0.623. The van der Waals surface area contributed by atoms with Gasteiger partial charge in [-0.25, -0.2) is 0 Å². The highest BCUT2D eigenvalue weighted by atomic mass is 16.5. The number of ether oxygens (including phenoxy) is 1. The lowest BCUT2D eigenvalue weighted by atomic mass is 9.95. The predicted molar refractivity (Wildman–Crippen MR) is 109 cm³/mol. The second kappa shape index (κ2) is 10.3. The lowest BCUT2D eigenvalue weighted by Crippen LogP contribution is -1.94. The van der Waals surface area contributed by atoms with Crippen molar-refractivity contribution in [2.45, 2.75) is 78.1 Å². The van der Waals surface area contributed by atoms with Crippen molar-refractivity contribution < 1.29 is 4.74 Å². The Morgan fingerprint density at radius 2 is 1.00 bits per heavy atom. The number of benzene rings is 2. The van der Waals surface area contributed by atoms with Crippen LogP contribution in [0.15, 0.2) is 48.5 Å². The number of rotatable bonds is 10. The van der Waals surface area contributed by atoms with Crippen LogP contribution in [-0.4, -0.2) is 0 Å². The third kappa shape index (κ3) is 6.23. The van der Waals surface area contributed by atoms with Gasteiger partial charge >= 0.3 is 0 Å². The molecule has 0 heterocycles. The lowest BCUT2D eigenvalue weighted by molar-refractivity contribution is 0.481. The van der Waals surface area contributed by atoms with Gasteiger partial charge in [0.05, 0.1) is 0 Å². The van der Waals surface area contributed by atoms with Crippen LogP contribution in [0.2, 0.25) is 0 Å². The van der Waals surface area contributed by atoms with E-state index in [1.807, 2.05) is 0 Å². The SMILES string of the molecule is CCCCC(C)c1ccc(Oc2ccc(C(C)CCCC)cc2)cc1. The van der Waals surface area contributed by atoms with Gasteiger partial charge in [0.1, 0.15) is 11.5 Å². The fourth-order valence-electron chi connectivity index (χ4n) is 3.22. The maximum atomic E-state index is 6.01. The van der Waals surface area contributed by atoms with E-state index in [1.165, 1.54) is 49.7 Å². The zero-order valence-corrected chi connectivity index (χ0v) is 16.4. The van der Waals surface area contributed by atoms with Gasteiger partial charge in [0, 0.05) is 0 Å². The van der Waals surface area contributed by atoms with Crippen LogP contribution in [0.4, 0.5) is 0 Å². The number of hydrogen-bond donors (Lipinski definition) is 0. The van der Waals surface area contributed by atoms with Gasteiger partial charge in [0.15, 0.2) is 0 Å². The van der Waals surface area contributed by atoms with Gasteiger partial charge in [-0.1, -0.05) is 77.6 Å². The molecule has 2 atom stereocenters. The molecule has 0 saturated carbocycles. The average Bonchev–Trinajstić information content (AvgIpc) is 2.65. The summed E-state index contributed by atoms with van der Waals surface area (Å²) in [6, 6.07) is 17.2. The first-order chi connectivity index (χ1) is 12.1. The molecule has 0 radical (unpaired) electrons. The molecule has 2 rings (SSSR count). The second-order valence-electron chi connectivity index (χ2n) is 7.33.